The van der Waals surface area contributed by atoms with Crippen molar-refractivity contribution in [2.45, 2.75) is 211 Å². The highest BCUT2D eigenvalue weighted by Gasteiger charge is 2.51. The number of aliphatic hydroxyl groups excluding tert-OH is 5. The lowest BCUT2D eigenvalue weighted by Gasteiger charge is -2.41. The molecule has 1 aliphatic rings. The van der Waals surface area contributed by atoms with Gasteiger partial charge in [0.15, 0.2) is 0 Å². The van der Waals surface area contributed by atoms with E-state index in [1.807, 2.05) is 0 Å². The number of esters is 1. The van der Waals surface area contributed by atoms with Gasteiger partial charge in [0.05, 0.1) is 13.2 Å². The minimum atomic E-state index is -5.01. The molecule has 0 amide bonds. The Labute approximate surface area is 326 Å². The van der Waals surface area contributed by atoms with E-state index in [0.29, 0.717) is 13.0 Å². The standard InChI is InChI=1S/C41H77O12P/c1-3-5-7-9-11-13-14-15-16-17-18-19-20-21-22-23-25-27-29-31-50-32-34(52-35(42)30-28-26-24-12-10-8-6-4-2)33-51-54(48,49)53-41-39(46)37(44)36(43)38(45)40(41)47/h13-14,16-17,34,36-41,43-47H,3-12,15,18-33H2,1-2H3,(H,48,49)/b14-13-,17-16-. The molecule has 0 saturated heterocycles. The van der Waals surface area contributed by atoms with Crippen LogP contribution in [0.25, 0.3) is 0 Å². The van der Waals surface area contributed by atoms with Gasteiger partial charge in [-0.05, 0) is 44.9 Å². The van der Waals surface area contributed by atoms with Gasteiger partial charge in [-0.3, -0.25) is 13.8 Å². The van der Waals surface area contributed by atoms with Gasteiger partial charge in [-0.25, -0.2) is 4.57 Å². The Morgan fingerprint density at radius 1 is 0.593 bits per heavy atom. The van der Waals surface area contributed by atoms with E-state index in [4.69, 9.17) is 18.5 Å². The maximum atomic E-state index is 12.7. The molecule has 1 saturated carbocycles. The number of phosphoric ester groups is 1. The van der Waals surface area contributed by atoms with E-state index in [2.05, 4.69) is 38.2 Å². The van der Waals surface area contributed by atoms with Crippen LogP contribution < -0.4 is 0 Å². The minimum Gasteiger partial charge on any atom is -0.457 e. The molecule has 0 radical (unpaired) electrons. The molecule has 0 spiro atoms. The summed E-state index contributed by atoms with van der Waals surface area (Å²) in [5.41, 5.74) is 0. The van der Waals surface area contributed by atoms with Crippen LogP contribution in [0.15, 0.2) is 24.3 Å². The van der Waals surface area contributed by atoms with Crippen molar-refractivity contribution in [3.63, 3.8) is 0 Å². The molecule has 1 rings (SSSR count). The molecule has 0 aromatic rings. The lowest BCUT2D eigenvalue weighted by atomic mass is 9.85. The summed E-state index contributed by atoms with van der Waals surface area (Å²) in [5.74, 6) is -0.484. The Hall–Kier alpha value is -1.18. The largest absolute Gasteiger partial charge is 0.472 e. The van der Waals surface area contributed by atoms with Gasteiger partial charge >= 0.3 is 13.8 Å². The molecule has 318 valence electrons. The van der Waals surface area contributed by atoms with Crippen LogP contribution in [0.2, 0.25) is 0 Å². The van der Waals surface area contributed by atoms with E-state index in [1.165, 1.54) is 83.5 Å². The first-order valence-electron chi connectivity index (χ1n) is 21.2. The summed E-state index contributed by atoms with van der Waals surface area (Å²) in [4.78, 5) is 23.0. The molecule has 0 heterocycles. The van der Waals surface area contributed by atoms with Gasteiger partial charge in [0, 0.05) is 13.0 Å². The number of carbonyl (C=O) groups is 1. The van der Waals surface area contributed by atoms with Crippen LogP contribution in [-0.2, 0) is 27.9 Å². The van der Waals surface area contributed by atoms with Crippen molar-refractivity contribution in [3.8, 4) is 0 Å². The zero-order chi connectivity index (χ0) is 39.9. The lowest BCUT2D eigenvalue weighted by molar-refractivity contribution is -0.220. The number of phosphoric acid groups is 1. The third-order valence-electron chi connectivity index (χ3n) is 9.83. The minimum absolute atomic E-state index is 0.0781. The number of ether oxygens (including phenoxy) is 2. The molecule has 0 aromatic carbocycles. The first-order valence-corrected chi connectivity index (χ1v) is 22.7. The lowest BCUT2D eigenvalue weighted by Crippen LogP contribution is -2.64. The van der Waals surface area contributed by atoms with Gasteiger partial charge in [0.25, 0.3) is 0 Å². The van der Waals surface area contributed by atoms with Crippen LogP contribution in [0.3, 0.4) is 0 Å². The van der Waals surface area contributed by atoms with E-state index in [9.17, 15) is 39.8 Å². The average molecular weight is 793 g/mol. The fourth-order valence-corrected chi connectivity index (χ4v) is 7.36. The summed E-state index contributed by atoms with van der Waals surface area (Å²) < 4.78 is 34.0. The third kappa shape index (κ3) is 25.1. The molecule has 1 fully saturated rings. The monoisotopic (exact) mass is 793 g/mol. The van der Waals surface area contributed by atoms with E-state index in [0.717, 1.165) is 57.8 Å². The molecule has 54 heavy (non-hydrogen) atoms. The number of hydrogen-bond acceptors (Lipinski definition) is 11. The fraction of sp³-hybridized carbons (Fsp3) is 0.878. The quantitative estimate of drug-likeness (QED) is 0.0159. The van der Waals surface area contributed by atoms with Gasteiger partial charge in [-0.2, -0.15) is 0 Å². The summed E-state index contributed by atoms with van der Waals surface area (Å²) in [7, 11) is -5.01. The van der Waals surface area contributed by atoms with Gasteiger partial charge in [-0.1, -0.05) is 141 Å². The maximum absolute atomic E-state index is 12.7. The second kappa shape index (κ2) is 32.9. The number of hydrogen-bond donors (Lipinski definition) is 6. The fourth-order valence-electron chi connectivity index (χ4n) is 6.38. The Kier molecular flexibility index (Phi) is 30.9. The van der Waals surface area contributed by atoms with Crippen LogP contribution in [0.4, 0.5) is 0 Å². The number of aliphatic hydroxyl groups is 5. The Morgan fingerprint density at radius 2 is 1.04 bits per heavy atom. The van der Waals surface area contributed by atoms with Crippen LogP contribution in [-0.4, -0.2) is 98.9 Å². The van der Waals surface area contributed by atoms with Crippen molar-refractivity contribution in [1.82, 2.24) is 0 Å². The van der Waals surface area contributed by atoms with Crippen molar-refractivity contribution in [1.29, 1.82) is 0 Å². The van der Waals surface area contributed by atoms with Gasteiger partial charge < -0.3 is 39.9 Å². The first kappa shape index (κ1) is 50.8. The predicted octanol–water partition coefficient (Wildman–Crippen LogP) is 7.75. The van der Waals surface area contributed by atoms with Gasteiger partial charge in [0.2, 0.25) is 0 Å². The van der Waals surface area contributed by atoms with E-state index in [-0.39, 0.29) is 13.0 Å². The number of rotatable bonds is 35. The highest BCUT2D eigenvalue weighted by Crippen LogP contribution is 2.47. The Balaban J connectivity index is 2.37. The van der Waals surface area contributed by atoms with E-state index in [1.54, 1.807) is 0 Å². The topological polar surface area (TPSA) is 192 Å². The summed E-state index contributed by atoms with van der Waals surface area (Å²) in [5, 5.41) is 50.0. The zero-order valence-electron chi connectivity index (χ0n) is 33.5. The van der Waals surface area contributed by atoms with Gasteiger partial charge in [0.1, 0.15) is 42.7 Å². The average Bonchev–Trinajstić information content (AvgIpc) is 3.15. The Bertz CT molecular complexity index is 995. The molecule has 0 aromatic heterocycles. The molecule has 13 heteroatoms. The van der Waals surface area contributed by atoms with Crippen LogP contribution in [0.1, 0.15) is 168 Å². The highest BCUT2D eigenvalue weighted by atomic mass is 31.2. The number of unbranched alkanes of at least 4 members (excludes halogenated alkanes) is 19. The van der Waals surface area contributed by atoms with Crippen molar-refractivity contribution in [2.24, 2.45) is 0 Å². The summed E-state index contributed by atoms with van der Waals surface area (Å²) in [6, 6.07) is 0. The molecule has 6 unspecified atom stereocenters. The van der Waals surface area contributed by atoms with Crippen molar-refractivity contribution >= 4 is 13.8 Å². The molecule has 12 nitrogen and oxygen atoms in total. The predicted molar refractivity (Wildman–Crippen MR) is 212 cm³/mol. The van der Waals surface area contributed by atoms with Crippen LogP contribution >= 0.6 is 7.82 Å². The third-order valence-corrected chi connectivity index (χ3v) is 10.8. The van der Waals surface area contributed by atoms with E-state index < -0.39 is 63.1 Å². The smallest absolute Gasteiger partial charge is 0.457 e. The number of carbonyl (C=O) groups excluding carboxylic acids is 1. The summed E-state index contributed by atoms with van der Waals surface area (Å²) in [6.07, 6.45) is 22.7. The van der Waals surface area contributed by atoms with E-state index >= 15 is 0 Å². The normalized spacial score (nSPS) is 23.6. The van der Waals surface area contributed by atoms with Gasteiger partial charge in [-0.15, -0.1) is 0 Å². The molecular formula is C41H77O12P. The summed E-state index contributed by atoms with van der Waals surface area (Å²) >= 11 is 0. The molecule has 6 N–H and O–H groups in total. The zero-order valence-corrected chi connectivity index (χ0v) is 34.4. The molecule has 1 aliphatic carbocycles. The SMILES string of the molecule is CCCCCC/C=C\C/C=C\CCCCCCCCCCOCC(COP(=O)(O)OC1C(O)C(O)C(O)C(O)C1O)OC(=O)CCCCCCCCCC. The maximum Gasteiger partial charge on any atom is 0.472 e. The van der Waals surface area contributed by atoms with Crippen molar-refractivity contribution in [2.75, 3.05) is 19.8 Å². The van der Waals surface area contributed by atoms with Crippen LogP contribution in [0, 0.1) is 0 Å². The highest BCUT2D eigenvalue weighted by molar-refractivity contribution is 7.47. The molecule has 6 atom stereocenters. The Morgan fingerprint density at radius 3 is 1.57 bits per heavy atom. The van der Waals surface area contributed by atoms with Crippen molar-refractivity contribution < 1.29 is 58.3 Å². The second-order valence-electron chi connectivity index (χ2n) is 14.8. The first-order chi connectivity index (χ1) is 26.0. The molecule has 0 bridgehead atoms. The van der Waals surface area contributed by atoms with Crippen LogP contribution in [0.5, 0.6) is 0 Å². The second-order valence-corrected chi connectivity index (χ2v) is 16.3. The molecular weight excluding hydrogens is 715 g/mol. The summed E-state index contributed by atoms with van der Waals surface area (Å²) in [6.45, 7) is 4.18. The van der Waals surface area contributed by atoms with Crippen molar-refractivity contribution in [3.05, 3.63) is 24.3 Å². The number of allylic oxidation sites excluding steroid dienone is 4. The molecule has 0 aliphatic heterocycles.